The molecule has 0 spiro atoms. The Morgan fingerprint density at radius 1 is 0.615 bits per heavy atom. The summed E-state index contributed by atoms with van der Waals surface area (Å²) in [5, 5.41) is 19.5. The summed E-state index contributed by atoms with van der Waals surface area (Å²) in [4.78, 5) is 60.4. The molecule has 8 nitrogen and oxygen atoms in total. The first-order valence-corrected chi connectivity index (χ1v) is 7.88. The molecular formula is C17H26O8Zr. The largest absolute Gasteiger partial charge is 2.00 e. The Bertz CT molecular complexity index is 429. The summed E-state index contributed by atoms with van der Waals surface area (Å²) in [6.07, 6.45) is 1.29. The third kappa shape index (κ3) is 38.2. The van der Waals surface area contributed by atoms with Crippen LogP contribution in [0.5, 0.6) is 0 Å². The fraction of sp³-hybridized carbons (Fsp3) is 0.647. The van der Waals surface area contributed by atoms with Crippen LogP contribution in [-0.4, -0.2) is 35.1 Å². The van der Waals surface area contributed by atoms with Gasteiger partial charge in [-0.15, -0.1) is 0 Å². The average molecular weight is 450 g/mol. The average Bonchev–Trinajstić information content (AvgIpc) is 2.36. The zero-order valence-corrected chi connectivity index (χ0v) is 18.2. The fourth-order valence-corrected chi connectivity index (χ4v) is 1.41. The van der Waals surface area contributed by atoms with Gasteiger partial charge in [-0.25, -0.2) is 0 Å². The Labute approximate surface area is 172 Å². The molecule has 0 saturated carbocycles. The molecule has 0 rings (SSSR count). The molecule has 0 atom stereocenters. The molecule has 0 saturated heterocycles. The summed E-state index contributed by atoms with van der Waals surface area (Å²) in [5.74, 6) is -3.20. The second-order valence-electron chi connectivity index (χ2n) is 5.26. The van der Waals surface area contributed by atoms with Crippen molar-refractivity contribution in [2.45, 2.75) is 72.6 Å². The predicted octanol–water partition coefficient (Wildman–Crippen LogP) is -0.457. The molecular weight excluding hydrogens is 423 g/mol. The Morgan fingerprint density at radius 3 is 1.00 bits per heavy atom. The Morgan fingerprint density at radius 2 is 0.885 bits per heavy atom. The number of hydrogen-bond acceptors (Lipinski definition) is 8. The zero-order valence-electron chi connectivity index (χ0n) is 15.7. The number of carbonyl (C=O) groups excluding carboxylic acids is 6. The van der Waals surface area contributed by atoms with Gasteiger partial charge in [0.25, 0.3) is 0 Å². The number of rotatable bonds is 10. The van der Waals surface area contributed by atoms with E-state index in [0.29, 0.717) is 25.7 Å². The van der Waals surface area contributed by atoms with Crippen LogP contribution in [0.3, 0.4) is 0 Å². The molecule has 0 N–H and O–H groups in total. The van der Waals surface area contributed by atoms with Crippen LogP contribution in [-0.2, 0) is 55.0 Å². The number of Topliss-reactive ketones (excluding diaryl/α,β-unsaturated/α-hetero) is 4. The van der Waals surface area contributed by atoms with Crippen LogP contribution in [0.2, 0.25) is 0 Å². The molecule has 0 bridgehead atoms. The van der Waals surface area contributed by atoms with E-state index in [1.54, 1.807) is 0 Å². The van der Waals surface area contributed by atoms with Gasteiger partial charge in [-0.05, 0) is 26.7 Å². The molecule has 0 aliphatic heterocycles. The molecule has 0 heterocycles. The van der Waals surface area contributed by atoms with Gasteiger partial charge in [0.05, 0.1) is 6.42 Å². The predicted molar refractivity (Wildman–Crippen MR) is 85.1 cm³/mol. The van der Waals surface area contributed by atoms with Crippen molar-refractivity contribution in [2.75, 3.05) is 0 Å². The number of hydrogen-bond donors (Lipinski definition) is 0. The van der Waals surface area contributed by atoms with Gasteiger partial charge >= 0.3 is 26.2 Å². The van der Waals surface area contributed by atoms with Crippen molar-refractivity contribution in [2.24, 2.45) is 0 Å². The maximum atomic E-state index is 10.4. The normalized spacial score (nSPS) is 8.46. The van der Waals surface area contributed by atoms with E-state index >= 15 is 0 Å². The third-order valence-corrected chi connectivity index (χ3v) is 2.24. The fourth-order valence-electron chi connectivity index (χ4n) is 1.41. The van der Waals surface area contributed by atoms with Gasteiger partial charge in [-0.3, -0.25) is 19.2 Å². The summed E-state index contributed by atoms with van der Waals surface area (Å²) >= 11 is 0. The molecule has 0 aromatic rings. The van der Waals surface area contributed by atoms with Crippen LogP contribution in [0.1, 0.15) is 72.6 Å². The van der Waals surface area contributed by atoms with Crippen molar-refractivity contribution in [3.8, 4) is 0 Å². The molecule has 0 amide bonds. The molecule has 0 radical (unpaired) electrons. The van der Waals surface area contributed by atoms with Crippen molar-refractivity contribution >= 4 is 35.1 Å². The van der Waals surface area contributed by atoms with Crippen molar-refractivity contribution in [3.05, 3.63) is 0 Å². The molecule has 0 unspecified atom stereocenters. The molecule has 9 heteroatoms. The van der Waals surface area contributed by atoms with Crippen LogP contribution in [0.4, 0.5) is 0 Å². The summed E-state index contributed by atoms with van der Waals surface area (Å²) in [7, 11) is 0. The van der Waals surface area contributed by atoms with Crippen LogP contribution >= 0.6 is 0 Å². The maximum absolute atomic E-state index is 10.4. The first kappa shape index (κ1) is 32.2. The van der Waals surface area contributed by atoms with E-state index < -0.39 is 24.8 Å². The quantitative estimate of drug-likeness (QED) is 0.407. The van der Waals surface area contributed by atoms with E-state index in [-0.39, 0.29) is 55.8 Å². The van der Waals surface area contributed by atoms with Crippen LogP contribution < -0.4 is 10.2 Å². The van der Waals surface area contributed by atoms with E-state index in [0.717, 1.165) is 0 Å². The van der Waals surface area contributed by atoms with Gasteiger partial charge in [-0.2, -0.15) is 0 Å². The van der Waals surface area contributed by atoms with Crippen molar-refractivity contribution in [3.63, 3.8) is 0 Å². The van der Waals surface area contributed by atoms with E-state index in [2.05, 4.69) is 0 Å². The van der Waals surface area contributed by atoms with E-state index in [9.17, 15) is 39.0 Å². The first-order valence-electron chi connectivity index (χ1n) is 7.88. The minimum atomic E-state index is -1.28. The SMILES string of the molecule is CC(=O)CC(C)=O.CCCC(=O)CC(=O)[O-].CCCC(=O)CC(=O)[O-].[Zr+2]. The first-order chi connectivity index (χ1) is 11.5. The maximum Gasteiger partial charge on any atom is 2.00 e. The van der Waals surface area contributed by atoms with Crippen LogP contribution in [0, 0.1) is 0 Å². The zero-order chi connectivity index (χ0) is 20.4. The molecule has 0 aromatic carbocycles. The second kappa shape index (κ2) is 21.5. The van der Waals surface area contributed by atoms with Gasteiger partial charge in [-0.1, -0.05) is 13.8 Å². The number of carbonyl (C=O) groups is 6. The molecule has 26 heavy (non-hydrogen) atoms. The van der Waals surface area contributed by atoms with Crippen LogP contribution in [0.15, 0.2) is 0 Å². The summed E-state index contributed by atoms with van der Waals surface area (Å²) < 4.78 is 0. The topological polar surface area (TPSA) is 149 Å². The van der Waals surface area contributed by atoms with Crippen molar-refractivity contribution < 1.29 is 65.2 Å². The molecule has 146 valence electrons. The number of aliphatic carboxylic acids is 2. The van der Waals surface area contributed by atoms with Gasteiger partial charge in [0, 0.05) is 37.6 Å². The second-order valence-corrected chi connectivity index (χ2v) is 5.26. The summed E-state index contributed by atoms with van der Waals surface area (Å²) in [6, 6.07) is 0. The van der Waals surface area contributed by atoms with Gasteiger partial charge in [0.2, 0.25) is 0 Å². The smallest absolute Gasteiger partial charge is 0.550 e. The minimum Gasteiger partial charge on any atom is -0.550 e. The Hall–Kier alpha value is -1.50. The van der Waals surface area contributed by atoms with Gasteiger partial charge in [0.1, 0.15) is 23.1 Å². The van der Waals surface area contributed by atoms with Crippen molar-refractivity contribution in [1.82, 2.24) is 0 Å². The molecule has 0 aliphatic carbocycles. The van der Waals surface area contributed by atoms with Gasteiger partial charge in [0.15, 0.2) is 0 Å². The molecule has 0 aliphatic rings. The van der Waals surface area contributed by atoms with Gasteiger partial charge < -0.3 is 19.8 Å². The number of carboxylic acid groups (broad SMARTS) is 2. The summed E-state index contributed by atoms with van der Waals surface area (Å²) in [6.45, 7) is 6.46. The number of carboxylic acids is 2. The Balaban J connectivity index is -0.000000138. The van der Waals surface area contributed by atoms with E-state index in [1.165, 1.54) is 13.8 Å². The van der Waals surface area contributed by atoms with E-state index in [1.807, 2.05) is 13.8 Å². The summed E-state index contributed by atoms with van der Waals surface area (Å²) in [5.41, 5.74) is 0. The van der Waals surface area contributed by atoms with Crippen molar-refractivity contribution in [1.29, 1.82) is 0 Å². The molecule has 0 aromatic heterocycles. The number of ketones is 4. The van der Waals surface area contributed by atoms with Crippen LogP contribution in [0.25, 0.3) is 0 Å². The Kier molecular flexibility index (Phi) is 26.7. The monoisotopic (exact) mass is 448 g/mol. The third-order valence-electron chi connectivity index (χ3n) is 2.24. The minimum absolute atomic E-state index is 0. The molecule has 0 fully saturated rings. The standard InChI is InChI=1S/2C6H10O3.C5H8O2.Zr/c2*1-2-3-5(7)4-6(8)9;1-4(6)3-5(2)7;/h2*2-4H2,1H3,(H,8,9);3H2,1-2H3;/q;;;+2/p-2. The van der Waals surface area contributed by atoms with E-state index in [4.69, 9.17) is 0 Å².